The van der Waals surface area contributed by atoms with Crippen molar-refractivity contribution in [2.24, 2.45) is 29.1 Å². The zero-order valence-electron chi connectivity index (χ0n) is 27.7. The normalized spacial score (nSPS) is 24.4. The molecule has 8 nitrogen and oxygen atoms in total. The van der Waals surface area contributed by atoms with E-state index in [2.05, 4.69) is 20.7 Å². The first-order chi connectivity index (χ1) is 22.5. The lowest BCUT2D eigenvalue weighted by atomic mass is 9.63. The van der Waals surface area contributed by atoms with Gasteiger partial charge in [-0.1, -0.05) is 62.3 Å². The molecule has 3 saturated carbocycles. The number of piperidine rings is 1. The van der Waals surface area contributed by atoms with E-state index in [1.165, 1.54) is 70.6 Å². The summed E-state index contributed by atoms with van der Waals surface area (Å²) in [6.45, 7) is 4.53. The number of hydrogen-bond acceptors (Lipinski definition) is 5. The van der Waals surface area contributed by atoms with E-state index in [1.54, 1.807) is 6.33 Å². The number of rotatable bonds is 14. The minimum atomic E-state index is -0.575. The van der Waals surface area contributed by atoms with Crippen LogP contribution in [0.5, 0.6) is 0 Å². The van der Waals surface area contributed by atoms with Gasteiger partial charge in [0.15, 0.2) is 0 Å². The molecule has 1 saturated heterocycles. The van der Waals surface area contributed by atoms with Crippen LogP contribution in [0.25, 0.3) is 0 Å². The summed E-state index contributed by atoms with van der Waals surface area (Å²) < 4.78 is 2.00. The predicted octanol–water partition coefficient (Wildman–Crippen LogP) is 6.43. The van der Waals surface area contributed by atoms with Gasteiger partial charge >= 0.3 is 0 Å². The van der Waals surface area contributed by atoms with Crippen LogP contribution in [-0.4, -0.2) is 63.7 Å². The van der Waals surface area contributed by atoms with Crippen LogP contribution in [0.15, 0.2) is 36.9 Å². The van der Waals surface area contributed by atoms with Crippen molar-refractivity contribution >= 4 is 23.4 Å². The minimum absolute atomic E-state index is 0.00215. The van der Waals surface area contributed by atoms with E-state index in [1.807, 2.05) is 40.2 Å². The molecule has 2 heterocycles. The van der Waals surface area contributed by atoms with Gasteiger partial charge in [0.1, 0.15) is 18.7 Å². The van der Waals surface area contributed by atoms with E-state index >= 15 is 0 Å². The minimum Gasteiger partial charge on any atom is -0.344 e. The molecule has 2 unspecified atom stereocenters. The third kappa shape index (κ3) is 9.12. The number of nitrogens with one attached hydrogen (secondary N) is 2. The number of carbonyl (C=O) groups excluding carboxylic acids is 2. The van der Waals surface area contributed by atoms with Crippen LogP contribution >= 0.6 is 11.6 Å². The fourth-order valence-electron chi connectivity index (χ4n) is 8.81. The second kappa shape index (κ2) is 16.1. The van der Waals surface area contributed by atoms with E-state index in [9.17, 15) is 9.59 Å². The molecule has 0 bridgehead atoms. The Balaban J connectivity index is 1.08. The van der Waals surface area contributed by atoms with Crippen molar-refractivity contribution in [2.45, 2.75) is 115 Å². The number of nitrogens with zero attached hydrogens (tertiary/aromatic N) is 4. The molecule has 6 rings (SSSR count). The van der Waals surface area contributed by atoms with Crippen molar-refractivity contribution in [3.05, 3.63) is 47.5 Å². The molecule has 4 aliphatic rings. The van der Waals surface area contributed by atoms with E-state index < -0.39 is 6.04 Å². The van der Waals surface area contributed by atoms with Gasteiger partial charge in [0.25, 0.3) is 0 Å². The Hall–Kier alpha value is -2.45. The summed E-state index contributed by atoms with van der Waals surface area (Å²) >= 11 is 6.18. The topological polar surface area (TPSA) is 92.2 Å². The number of likely N-dealkylation sites (tertiary alicyclic amines) is 1. The number of amides is 2. The highest BCUT2D eigenvalue weighted by molar-refractivity contribution is 6.30. The summed E-state index contributed by atoms with van der Waals surface area (Å²) in [6, 6.07) is 7.10. The first kappa shape index (κ1) is 33.5. The number of carbonyl (C=O) groups is 2. The zero-order chi connectivity index (χ0) is 31.8. The Morgan fingerprint density at radius 1 is 0.913 bits per heavy atom. The molecule has 2 aromatic rings. The number of halogens is 1. The first-order valence-electron chi connectivity index (χ1n) is 18.3. The lowest BCUT2D eigenvalue weighted by Gasteiger charge is -2.48. The van der Waals surface area contributed by atoms with Crippen molar-refractivity contribution < 1.29 is 9.59 Å². The smallest absolute Gasteiger partial charge is 0.245 e. The van der Waals surface area contributed by atoms with E-state index in [0.29, 0.717) is 48.7 Å². The zero-order valence-corrected chi connectivity index (χ0v) is 28.4. The Bertz CT molecular complexity index is 1240. The second-order valence-corrected chi connectivity index (χ2v) is 15.4. The van der Waals surface area contributed by atoms with Crippen LogP contribution in [0.2, 0.25) is 5.02 Å². The maximum absolute atomic E-state index is 14.2. The van der Waals surface area contributed by atoms with Gasteiger partial charge in [0, 0.05) is 37.5 Å². The maximum atomic E-state index is 14.2. The average Bonchev–Trinajstić information content (AvgIpc) is 3.77. The summed E-state index contributed by atoms with van der Waals surface area (Å²) in [7, 11) is 0. The van der Waals surface area contributed by atoms with Gasteiger partial charge in [-0.15, -0.1) is 0 Å². The summed E-state index contributed by atoms with van der Waals surface area (Å²) in [5.41, 5.74) is 1.14. The molecule has 1 aliphatic heterocycles. The van der Waals surface area contributed by atoms with Crippen molar-refractivity contribution in [1.29, 1.82) is 0 Å². The van der Waals surface area contributed by atoms with Crippen molar-refractivity contribution in [2.75, 3.05) is 26.2 Å². The molecule has 9 heteroatoms. The fraction of sp³-hybridized carbons (Fsp3) is 0.730. The van der Waals surface area contributed by atoms with Gasteiger partial charge in [-0.3, -0.25) is 14.3 Å². The maximum Gasteiger partial charge on any atom is 0.245 e. The van der Waals surface area contributed by atoms with Gasteiger partial charge in [0.05, 0.1) is 0 Å². The quantitative estimate of drug-likeness (QED) is 0.246. The molecule has 0 spiro atoms. The summed E-state index contributed by atoms with van der Waals surface area (Å²) in [5.74, 6) is 2.82. The molecule has 252 valence electrons. The molecule has 0 radical (unpaired) electrons. The van der Waals surface area contributed by atoms with Gasteiger partial charge in [-0.2, -0.15) is 5.10 Å². The molecule has 4 fully saturated rings. The SMILES string of the molecule is O=C(CCC1CCCCC1CNCC1CC1)N[C@H](Cc1ccc(Cl)cc1)C(=O)N1CCC(Cn2cncn2)(C2CCCCC2)CC1. The van der Waals surface area contributed by atoms with Crippen molar-refractivity contribution in [1.82, 2.24) is 30.3 Å². The number of aromatic nitrogens is 3. The van der Waals surface area contributed by atoms with Crippen molar-refractivity contribution in [3.63, 3.8) is 0 Å². The summed E-state index contributed by atoms with van der Waals surface area (Å²) in [6.07, 6.45) is 21.4. The first-order valence-corrected chi connectivity index (χ1v) is 18.7. The average molecular weight is 651 g/mol. The summed E-state index contributed by atoms with van der Waals surface area (Å²) in [5, 5.41) is 12.1. The van der Waals surface area contributed by atoms with Gasteiger partial charge in [0.2, 0.25) is 11.8 Å². The Labute approximate surface area is 280 Å². The number of hydrogen-bond donors (Lipinski definition) is 2. The molecular weight excluding hydrogens is 596 g/mol. The lowest BCUT2D eigenvalue weighted by Crippen LogP contribution is -2.54. The third-order valence-corrected chi connectivity index (χ3v) is 12.1. The van der Waals surface area contributed by atoms with Crippen molar-refractivity contribution in [3.8, 4) is 0 Å². The Morgan fingerprint density at radius 2 is 1.63 bits per heavy atom. The van der Waals surface area contributed by atoms with E-state index in [4.69, 9.17) is 11.6 Å². The number of benzene rings is 1. The van der Waals surface area contributed by atoms with Gasteiger partial charge in [-0.05, 0) is 111 Å². The molecule has 2 amide bonds. The highest BCUT2D eigenvalue weighted by atomic mass is 35.5. The van der Waals surface area contributed by atoms with Crippen LogP contribution in [0.1, 0.15) is 102 Å². The van der Waals surface area contributed by atoms with Gasteiger partial charge in [-0.25, -0.2) is 4.98 Å². The standard InChI is InChI=1S/C37H55ClN6O2/c38-33-15-12-28(13-16-33)22-34(42-35(45)17-14-30-6-4-5-7-31(30)24-39-23-29-10-11-29)36(46)43-20-18-37(19-21-43,25-44-27-40-26-41-44)32-8-2-1-3-9-32/h12-13,15-16,26-27,29-32,34,39H,1-11,14,17-25H2,(H,42,45)/t30?,31?,34-/m1/s1. The fourth-order valence-corrected chi connectivity index (χ4v) is 8.93. The van der Waals surface area contributed by atoms with E-state index in [-0.39, 0.29) is 17.2 Å². The van der Waals surface area contributed by atoms with Crippen LogP contribution in [-0.2, 0) is 22.6 Å². The largest absolute Gasteiger partial charge is 0.344 e. The summed E-state index contributed by atoms with van der Waals surface area (Å²) in [4.78, 5) is 33.9. The predicted molar refractivity (Wildman–Crippen MR) is 182 cm³/mol. The molecule has 46 heavy (non-hydrogen) atoms. The van der Waals surface area contributed by atoms with Crippen LogP contribution in [0.3, 0.4) is 0 Å². The molecule has 3 atom stereocenters. The highest BCUT2D eigenvalue weighted by Crippen LogP contribution is 2.47. The van der Waals surface area contributed by atoms with Gasteiger partial charge < -0.3 is 15.5 Å². The molecular formula is C37H55ClN6O2. The van der Waals surface area contributed by atoms with Crippen LogP contribution in [0, 0.1) is 29.1 Å². The Kier molecular flexibility index (Phi) is 11.7. The Morgan fingerprint density at radius 3 is 2.33 bits per heavy atom. The van der Waals surface area contributed by atoms with Crippen LogP contribution < -0.4 is 10.6 Å². The van der Waals surface area contributed by atoms with Crippen LogP contribution in [0.4, 0.5) is 0 Å². The lowest BCUT2D eigenvalue weighted by molar-refractivity contribution is -0.139. The second-order valence-electron chi connectivity index (χ2n) is 15.0. The molecule has 1 aromatic carbocycles. The molecule has 1 aromatic heterocycles. The third-order valence-electron chi connectivity index (χ3n) is 11.8. The molecule has 2 N–H and O–H groups in total. The van der Waals surface area contributed by atoms with E-state index in [0.717, 1.165) is 50.4 Å². The monoisotopic (exact) mass is 650 g/mol. The highest BCUT2D eigenvalue weighted by Gasteiger charge is 2.44. The molecule has 3 aliphatic carbocycles.